The van der Waals surface area contributed by atoms with E-state index in [0.29, 0.717) is 0 Å². The fraction of sp³-hybridized carbons (Fsp3) is 0. The summed E-state index contributed by atoms with van der Waals surface area (Å²) in [5.74, 6) is 0.908. The quantitative estimate of drug-likeness (QED) is 0.652. The number of halogens is 1. The second-order valence-corrected chi connectivity index (χ2v) is 4.29. The molecule has 5 heteroatoms. The zero-order valence-electron chi connectivity index (χ0n) is 8.31. The highest BCUT2D eigenvalue weighted by Crippen LogP contribution is 2.25. The van der Waals surface area contributed by atoms with E-state index in [4.69, 9.17) is 5.73 Å². The van der Waals surface area contributed by atoms with Crippen LogP contribution in [0.2, 0.25) is 0 Å². The molecule has 1 aromatic carbocycles. The first-order chi connectivity index (χ1) is 7.33. The van der Waals surface area contributed by atoms with Gasteiger partial charge >= 0.3 is 0 Å². The largest absolute Gasteiger partial charge is 0.399 e. The highest BCUT2D eigenvalue weighted by molar-refractivity contribution is 7.13. The lowest BCUT2D eigenvalue weighted by Crippen LogP contribution is -1.82. The third-order valence-electron chi connectivity index (χ3n) is 2.26. The Kier molecular flexibility index (Phi) is 2.85. The highest BCUT2D eigenvalue weighted by atomic mass is 35.5. The molecule has 3 N–H and O–H groups in total. The average Bonchev–Trinajstić information content (AvgIpc) is 2.84. The van der Waals surface area contributed by atoms with Crippen molar-refractivity contribution in [2.24, 2.45) is 0 Å². The number of fused-ring (bicyclic) bond motifs is 1. The number of H-pyrrole nitrogens is 1. The van der Waals surface area contributed by atoms with Crippen molar-refractivity contribution >= 4 is 40.5 Å². The molecule has 0 amide bonds. The molecule has 82 valence electrons. The molecule has 16 heavy (non-hydrogen) atoms. The Morgan fingerprint density at radius 2 is 2.12 bits per heavy atom. The fourth-order valence-corrected chi connectivity index (χ4v) is 2.23. The van der Waals surface area contributed by atoms with Crippen molar-refractivity contribution < 1.29 is 0 Å². The number of aromatic nitrogens is 2. The third kappa shape index (κ3) is 1.77. The molecule has 0 aliphatic heterocycles. The number of anilines is 1. The molecule has 0 bridgehead atoms. The predicted octanol–water partition coefficient (Wildman–Crippen LogP) is 3.30. The van der Waals surface area contributed by atoms with E-state index in [-0.39, 0.29) is 12.4 Å². The van der Waals surface area contributed by atoms with E-state index in [9.17, 15) is 0 Å². The van der Waals surface area contributed by atoms with Gasteiger partial charge in [-0.05, 0) is 29.6 Å². The Labute approximate surface area is 103 Å². The van der Waals surface area contributed by atoms with Gasteiger partial charge in [-0.1, -0.05) is 6.07 Å². The molecule has 0 aliphatic carbocycles. The summed E-state index contributed by atoms with van der Waals surface area (Å²) in [6.45, 7) is 0. The van der Waals surface area contributed by atoms with Crippen LogP contribution >= 0.6 is 23.7 Å². The van der Waals surface area contributed by atoms with E-state index >= 15 is 0 Å². The molecular weight excluding hydrogens is 242 g/mol. The van der Waals surface area contributed by atoms with Gasteiger partial charge in [-0.25, -0.2) is 4.98 Å². The molecule has 2 aromatic heterocycles. The molecule has 0 saturated heterocycles. The molecule has 3 aromatic rings. The molecule has 3 nitrogen and oxygen atoms in total. The lowest BCUT2D eigenvalue weighted by Gasteiger charge is -1.89. The van der Waals surface area contributed by atoms with Crippen LogP contribution in [0.3, 0.4) is 0 Å². The van der Waals surface area contributed by atoms with Crippen LogP contribution in [0, 0.1) is 0 Å². The van der Waals surface area contributed by atoms with Gasteiger partial charge in [0.15, 0.2) is 0 Å². The standard InChI is InChI=1S/C11H9N3S.ClH/c12-7-3-4-8-9(6-7)14-11(13-8)10-2-1-5-15-10;/h1-6H,12H2,(H,13,14);1H. The van der Waals surface area contributed by atoms with Crippen LogP contribution in [0.1, 0.15) is 0 Å². The van der Waals surface area contributed by atoms with Gasteiger partial charge in [-0.2, -0.15) is 0 Å². The van der Waals surface area contributed by atoms with E-state index in [1.54, 1.807) is 11.3 Å². The Hall–Kier alpha value is -1.52. The lowest BCUT2D eigenvalue weighted by molar-refractivity contribution is 1.36. The van der Waals surface area contributed by atoms with Crippen molar-refractivity contribution in [1.82, 2.24) is 9.97 Å². The van der Waals surface area contributed by atoms with Gasteiger partial charge in [0, 0.05) is 5.69 Å². The number of nitrogen functional groups attached to an aromatic ring is 1. The van der Waals surface area contributed by atoms with Crippen molar-refractivity contribution in [3.63, 3.8) is 0 Å². The van der Waals surface area contributed by atoms with E-state index in [1.165, 1.54) is 0 Å². The van der Waals surface area contributed by atoms with Gasteiger partial charge in [0.05, 0.1) is 15.9 Å². The number of nitrogens with one attached hydrogen (secondary N) is 1. The Morgan fingerprint density at radius 1 is 1.25 bits per heavy atom. The Balaban J connectivity index is 0.000000963. The number of aromatic amines is 1. The van der Waals surface area contributed by atoms with Crippen LogP contribution in [-0.4, -0.2) is 9.97 Å². The molecular formula is C11H10ClN3S. The molecule has 0 fully saturated rings. The first-order valence-corrected chi connectivity index (χ1v) is 5.50. The van der Waals surface area contributed by atoms with Crippen molar-refractivity contribution in [2.75, 3.05) is 5.73 Å². The van der Waals surface area contributed by atoms with Crippen LogP contribution in [0.4, 0.5) is 5.69 Å². The monoisotopic (exact) mass is 251 g/mol. The minimum Gasteiger partial charge on any atom is -0.399 e. The molecule has 2 heterocycles. The second-order valence-electron chi connectivity index (χ2n) is 3.34. The summed E-state index contributed by atoms with van der Waals surface area (Å²) < 4.78 is 0. The van der Waals surface area contributed by atoms with Crippen molar-refractivity contribution in [3.05, 3.63) is 35.7 Å². The molecule has 0 spiro atoms. The smallest absolute Gasteiger partial charge is 0.148 e. The summed E-state index contributed by atoms with van der Waals surface area (Å²) in [7, 11) is 0. The highest BCUT2D eigenvalue weighted by Gasteiger charge is 2.05. The minimum atomic E-state index is 0. The molecule has 0 radical (unpaired) electrons. The number of nitrogens with two attached hydrogens (primary N) is 1. The van der Waals surface area contributed by atoms with Crippen molar-refractivity contribution in [3.8, 4) is 10.7 Å². The number of nitrogens with zero attached hydrogens (tertiary/aromatic N) is 1. The average molecular weight is 252 g/mol. The molecule has 0 unspecified atom stereocenters. The number of hydrogen-bond donors (Lipinski definition) is 2. The number of imidazole rings is 1. The van der Waals surface area contributed by atoms with Gasteiger partial charge in [0.1, 0.15) is 5.82 Å². The summed E-state index contributed by atoms with van der Waals surface area (Å²) >= 11 is 1.67. The summed E-state index contributed by atoms with van der Waals surface area (Å²) in [6, 6.07) is 9.76. The number of benzene rings is 1. The van der Waals surface area contributed by atoms with Gasteiger partial charge in [-0.3, -0.25) is 0 Å². The normalized spacial score (nSPS) is 10.2. The first-order valence-electron chi connectivity index (χ1n) is 4.62. The van der Waals surface area contributed by atoms with Crippen LogP contribution in [0.15, 0.2) is 35.7 Å². The summed E-state index contributed by atoms with van der Waals surface area (Å²) in [5, 5.41) is 2.04. The van der Waals surface area contributed by atoms with E-state index in [1.807, 2.05) is 35.7 Å². The number of hydrogen-bond acceptors (Lipinski definition) is 3. The number of rotatable bonds is 1. The zero-order valence-corrected chi connectivity index (χ0v) is 9.94. The summed E-state index contributed by atoms with van der Waals surface area (Å²) in [4.78, 5) is 8.90. The summed E-state index contributed by atoms with van der Waals surface area (Å²) in [6.07, 6.45) is 0. The third-order valence-corrected chi connectivity index (χ3v) is 3.14. The van der Waals surface area contributed by atoms with Crippen molar-refractivity contribution in [1.29, 1.82) is 0 Å². The van der Waals surface area contributed by atoms with Crippen LogP contribution in [-0.2, 0) is 0 Å². The molecule has 0 atom stereocenters. The van der Waals surface area contributed by atoms with Gasteiger partial charge in [0.25, 0.3) is 0 Å². The molecule has 3 rings (SSSR count). The fourth-order valence-electron chi connectivity index (χ4n) is 1.56. The Morgan fingerprint density at radius 3 is 2.88 bits per heavy atom. The SMILES string of the molecule is Cl.Nc1ccc2nc(-c3cccs3)[nH]c2c1. The van der Waals surface area contributed by atoms with E-state index < -0.39 is 0 Å². The molecule has 0 aliphatic rings. The van der Waals surface area contributed by atoms with Crippen molar-refractivity contribution in [2.45, 2.75) is 0 Å². The molecule has 0 saturated carbocycles. The topological polar surface area (TPSA) is 54.7 Å². The second kappa shape index (κ2) is 4.15. The van der Waals surface area contributed by atoms with Crippen LogP contribution < -0.4 is 5.73 Å². The van der Waals surface area contributed by atoms with E-state index in [0.717, 1.165) is 27.4 Å². The first kappa shape index (κ1) is 11.0. The maximum absolute atomic E-state index is 5.71. The van der Waals surface area contributed by atoms with Gasteiger partial charge in [0.2, 0.25) is 0 Å². The lowest BCUT2D eigenvalue weighted by atomic mass is 10.3. The number of thiophene rings is 1. The zero-order chi connectivity index (χ0) is 10.3. The Bertz CT molecular complexity index is 601. The van der Waals surface area contributed by atoms with Gasteiger partial charge < -0.3 is 10.7 Å². The van der Waals surface area contributed by atoms with Crippen LogP contribution in [0.5, 0.6) is 0 Å². The minimum absolute atomic E-state index is 0. The maximum Gasteiger partial charge on any atom is 0.148 e. The van der Waals surface area contributed by atoms with Crippen LogP contribution in [0.25, 0.3) is 21.7 Å². The van der Waals surface area contributed by atoms with Gasteiger partial charge in [-0.15, -0.1) is 23.7 Å². The van der Waals surface area contributed by atoms with E-state index in [2.05, 4.69) is 9.97 Å². The predicted molar refractivity (Wildman–Crippen MR) is 71.1 cm³/mol. The maximum atomic E-state index is 5.71. The summed E-state index contributed by atoms with van der Waals surface area (Å²) in [5.41, 5.74) is 8.40.